The van der Waals surface area contributed by atoms with Crippen LogP contribution in [0.2, 0.25) is 0 Å². The third-order valence-electron chi connectivity index (χ3n) is 11.0. The van der Waals surface area contributed by atoms with Gasteiger partial charge in [0.05, 0.1) is 31.0 Å². The van der Waals surface area contributed by atoms with Crippen molar-refractivity contribution >= 4 is 17.5 Å². The van der Waals surface area contributed by atoms with Crippen LogP contribution in [0.3, 0.4) is 0 Å². The normalized spacial score (nSPS) is 21.2. The van der Waals surface area contributed by atoms with E-state index in [4.69, 9.17) is 9.47 Å². The molecule has 1 aromatic heterocycles. The van der Waals surface area contributed by atoms with Crippen molar-refractivity contribution < 1.29 is 24.2 Å². The molecule has 2 amide bonds. The molecule has 54 heavy (non-hydrogen) atoms. The van der Waals surface area contributed by atoms with Gasteiger partial charge in [-0.15, -0.1) is 0 Å². The SMILES string of the molecule is O=C(NCc1cccc(-c2ccc([C@H]3O[C@@H](CN4CCC5(CC4)C(=O)NCN5c4ccccc4)C[C@@H](c4ccc(CO)cc4)O3)cc2)c1)c1cccnc1. The summed E-state index contributed by atoms with van der Waals surface area (Å²) in [6, 6.07) is 38.1. The number of aliphatic hydroxyl groups excluding tert-OH is 1. The van der Waals surface area contributed by atoms with E-state index >= 15 is 0 Å². The first-order chi connectivity index (χ1) is 26.5. The van der Waals surface area contributed by atoms with E-state index in [1.54, 1.807) is 24.5 Å². The van der Waals surface area contributed by atoms with E-state index in [2.05, 4.69) is 73.9 Å². The molecule has 3 atom stereocenters. The van der Waals surface area contributed by atoms with Gasteiger partial charge in [0, 0.05) is 56.2 Å². The van der Waals surface area contributed by atoms with Gasteiger partial charge in [-0.3, -0.25) is 14.6 Å². The number of pyridine rings is 1. The summed E-state index contributed by atoms with van der Waals surface area (Å²) in [6.07, 6.45) is 4.53. The number of aromatic nitrogens is 1. The van der Waals surface area contributed by atoms with E-state index < -0.39 is 11.8 Å². The van der Waals surface area contributed by atoms with Crippen LogP contribution in [0, 0.1) is 0 Å². The third-order valence-corrected chi connectivity index (χ3v) is 11.0. The predicted molar refractivity (Wildman–Crippen MR) is 206 cm³/mol. The van der Waals surface area contributed by atoms with Gasteiger partial charge in [-0.2, -0.15) is 0 Å². The second-order valence-electron chi connectivity index (χ2n) is 14.4. The minimum atomic E-state index is -0.570. The van der Waals surface area contributed by atoms with Gasteiger partial charge in [0.2, 0.25) is 5.91 Å². The molecule has 10 heteroatoms. The molecular formula is C44H45N5O5. The number of amides is 2. The molecule has 0 radical (unpaired) electrons. The molecule has 276 valence electrons. The zero-order valence-electron chi connectivity index (χ0n) is 30.1. The Morgan fingerprint density at radius 3 is 2.37 bits per heavy atom. The molecule has 0 bridgehead atoms. The van der Waals surface area contributed by atoms with Gasteiger partial charge in [-0.05, 0) is 71.0 Å². The zero-order chi connectivity index (χ0) is 36.9. The summed E-state index contributed by atoms with van der Waals surface area (Å²) in [6.45, 7) is 3.24. The Hall–Kier alpha value is -5.39. The van der Waals surface area contributed by atoms with Gasteiger partial charge in [0.25, 0.3) is 5.91 Å². The van der Waals surface area contributed by atoms with Crippen LogP contribution in [0.1, 0.15) is 64.3 Å². The number of likely N-dealkylation sites (tertiary alicyclic amines) is 1. The van der Waals surface area contributed by atoms with Crippen molar-refractivity contribution in [3.05, 3.63) is 155 Å². The summed E-state index contributed by atoms with van der Waals surface area (Å²) in [5.74, 6) is -0.0473. The summed E-state index contributed by atoms with van der Waals surface area (Å²) in [5.41, 5.74) is 6.98. The smallest absolute Gasteiger partial charge is 0.253 e. The summed E-state index contributed by atoms with van der Waals surface area (Å²) >= 11 is 0. The minimum absolute atomic E-state index is 0.00830. The molecule has 4 heterocycles. The Labute approximate surface area is 315 Å². The number of carbonyl (C=O) groups is 2. The fourth-order valence-corrected chi connectivity index (χ4v) is 7.93. The van der Waals surface area contributed by atoms with Gasteiger partial charge < -0.3 is 35.0 Å². The number of nitrogens with one attached hydrogen (secondary N) is 2. The number of nitrogens with zero attached hydrogens (tertiary/aromatic N) is 3. The standard InChI is InChI=1S/C44H45N5O5/c50-29-31-11-13-34(14-12-31)40-25-39(28-48-22-19-44(20-23-48)43(52)47-30-49(44)38-9-2-1-3-10-38)53-42(54-40)35-17-15-33(16-18-35)36-7-4-6-32(24-36)26-46-41(51)37-8-5-21-45-27-37/h1-18,21,24,27,39-40,42,50H,19-20,22-23,25-26,28-30H2,(H,46,51)(H,47,52)/t39-,40+,42+/m1/s1. The third kappa shape index (κ3) is 7.65. The van der Waals surface area contributed by atoms with E-state index in [9.17, 15) is 14.7 Å². The van der Waals surface area contributed by atoms with Crippen LogP contribution in [0.15, 0.2) is 128 Å². The van der Waals surface area contributed by atoms with Gasteiger partial charge in [0.15, 0.2) is 6.29 Å². The Morgan fingerprint density at radius 2 is 1.63 bits per heavy atom. The van der Waals surface area contributed by atoms with Crippen LogP contribution < -0.4 is 15.5 Å². The lowest BCUT2D eigenvalue weighted by Crippen LogP contribution is -2.57. The Morgan fingerprint density at radius 1 is 0.852 bits per heavy atom. The molecule has 3 aliphatic heterocycles. The van der Waals surface area contributed by atoms with E-state index in [0.717, 1.165) is 71.5 Å². The molecule has 0 unspecified atom stereocenters. The number of ether oxygens (including phenoxy) is 2. The fraction of sp³-hybridized carbons (Fsp3) is 0.295. The average molecular weight is 724 g/mol. The van der Waals surface area contributed by atoms with Gasteiger partial charge in [0.1, 0.15) is 5.54 Å². The molecule has 5 aromatic rings. The first kappa shape index (κ1) is 35.6. The second kappa shape index (κ2) is 15.9. The van der Waals surface area contributed by atoms with E-state index in [0.29, 0.717) is 25.2 Å². The van der Waals surface area contributed by atoms with Gasteiger partial charge >= 0.3 is 0 Å². The summed E-state index contributed by atoms with van der Waals surface area (Å²) in [4.78, 5) is 34.5. The number of anilines is 1. The van der Waals surface area contributed by atoms with Crippen LogP contribution in [0.4, 0.5) is 5.69 Å². The molecule has 3 aliphatic rings. The number of aliphatic hydroxyl groups is 1. The topological polar surface area (TPSA) is 116 Å². The van der Waals surface area contributed by atoms with Crippen molar-refractivity contribution in [2.45, 2.75) is 56.5 Å². The molecule has 10 nitrogen and oxygen atoms in total. The number of benzene rings is 4. The Kier molecular flexibility index (Phi) is 10.5. The fourth-order valence-electron chi connectivity index (χ4n) is 7.93. The number of para-hydroxylation sites is 1. The zero-order valence-corrected chi connectivity index (χ0v) is 30.1. The Bertz CT molecular complexity index is 2040. The summed E-state index contributed by atoms with van der Waals surface area (Å²) in [5, 5.41) is 15.7. The lowest BCUT2D eigenvalue weighted by Gasteiger charge is -2.45. The van der Waals surface area contributed by atoms with E-state index in [1.807, 2.05) is 54.6 Å². The van der Waals surface area contributed by atoms with Crippen molar-refractivity contribution in [3.8, 4) is 11.1 Å². The largest absolute Gasteiger partial charge is 0.392 e. The van der Waals surface area contributed by atoms with Gasteiger partial charge in [-0.25, -0.2) is 0 Å². The first-order valence-electron chi connectivity index (χ1n) is 18.7. The molecule has 0 aliphatic carbocycles. The molecule has 1 spiro atoms. The molecule has 8 rings (SSSR count). The van der Waals surface area contributed by atoms with Crippen LogP contribution in [0.25, 0.3) is 11.1 Å². The molecule has 3 saturated heterocycles. The number of hydrogen-bond acceptors (Lipinski definition) is 8. The highest BCUT2D eigenvalue weighted by atomic mass is 16.7. The molecule has 0 saturated carbocycles. The molecule has 3 N–H and O–H groups in total. The average Bonchev–Trinajstić information content (AvgIpc) is 3.55. The van der Waals surface area contributed by atoms with E-state index in [1.165, 1.54) is 0 Å². The highest BCUT2D eigenvalue weighted by Gasteiger charge is 2.50. The number of carbonyl (C=O) groups excluding carboxylic acids is 2. The Balaban J connectivity index is 0.955. The number of rotatable bonds is 10. The number of hydrogen-bond donors (Lipinski definition) is 3. The molecule has 4 aromatic carbocycles. The maximum absolute atomic E-state index is 13.3. The van der Waals surface area contributed by atoms with Crippen LogP contribution in [-0.4, -0.2) is 64.8 Å². The highest BCUT2D eigenvalue weighted by Crippen LogP contribution is 2.40. The summed E-state index contributed by atoms with van der Waals surface area (Å²) < 4.78 is 13.4. The maximum atomic E-state index is 13.3. The van der Waals surface area contributed by atoms with Crippen molar-refractivity contribution in [2.75, 3.05) is 31.2 Å². The maximum Gasteiger partial charge on any atom is 0.253 e. The quantitative estimate of drug-likeness (QED) is 0.157. The molecule has 3 fully saturated rings. The van der Waals surface area contributed by atoms with Gasteiger partial charge in [-0.1, -0.05) is 84.9 Å². The van der Waals surface area contributed by atoms with Crippen LogP contribution in [0.5, 0.6) is 0 Å². The van der Waals surface area contributed by atoms with Crippen molar-refractivity contribution in [1.29, 1.82) is 0 Å². The lowest BCUT2D eigenvalue weighted by molar-refractivity contribution is -0.253. The lowest BCUT2D eigenvalue weighted by atomic mass is 9.85. The highest BCUT2D eigenvalue weighted by molar-refractivity contribution is 5.94. The van der Waals surface area contributed by atoms with E-state index in [-0.39, 0.29) is 30.6 Å². The van der Waals surface area contributed by atoms with Crippen molar-refractivity contribution in [3.63, 3.8) is 0 Å². The van der Waals surface area contributed by atoms with Crippen LogP contribution >= 0.6 is 0 Å². The van der Waals surface area contributed by atoms with Crippen molar-refractivity contribution in [2.24, 2.45) is 0 Å². The molecular weight excluding hydrogens is 679 g/mol. The van der Waals surface area contributed by atoms with Crippen LogP contribution in [-0.2, 0) is 27.4 Å². The summed E-state index contributed by atoms with van der Waals surface area (Å²) in [7, 11) is 0. The second-order valence-corrected chi connectivity index (χ2v) is 14.4. The number of piperidine rings is 1. The minimum Gasteiger partial charge on any atom is -0.392 e. The first-order valence-corrected chi connectivity index (χ1v) is 18.7. The predicted octanol–water partition coefficient (Wildman–Crippen LogP) is 6.14. The monoisotopic (exact) mass is 723 g/mol. The van der Waals surface area contributed by atoms with Crippen molar-refractivity contribution in [1.82, 2.24) is 20.5 Å².